The lowest BCUT2D eigenvalue weighted by Crippen LogP contribution is -1.98. The average Bonchev–Trinajstić information content (AvgIpc) is 3.37. The number of aromatic nitrogens is 2. The molecule has 1 heterocycles. The number of H-pyrrole nitrogens is 1. The average molecular weight is 413 g/mol. The first-order chi connectivity index (χ1) is 15.2. The molecular formula is C25H23N3O3. The Morgan fingerprint density at radius 3 is 2.55 bits per heavy atom. The summed E-state index contributed by atoms with van der Waals surface area (Å²) in [6, 6.07) is 22.1. The van der Waals surface area contributed by atoms with Crippen LogP contribution >= 0.6 is 0 Å². The number of nitrogens with zero attached hydrogens (tertiary/aromatic N) is 1. The van der Waals surface area contributed by atoms with E-state index in [0.717, 1.165) is 51.8 Å². The topological polar surface area (TPSA) is 68.4 Å². The number of benzene rings is 3. The number of nitrogens with one attached hydrogen (secondary N) is 2. The number of hydrogen-bond acceptors (Lipinski definition) is 5. The third-order valence-electron chi connectivity index (χ3n) is 5.45. The molecule has 0 aliphatic heterocycles. The minimum absolute atomic E-state index is 0.530. The molecule has 0 unspecified atom stereocenters. The molecule has 0 fully saturated rings. The third-order valence-corrected chi connectivity index (χ3v) is 5.45. The lowest BCUT2D eigenvalue weighted by atomic mass is 10.1. The number of hydrogen-bond donors (Lipinski definition) is 2. The van der Waals surface area contributed by atoms with E-state index >= 15 is 0 Å². The van der Waals surface area contributed by atoms with Gasteiger partial charge >= 0.3 is 0 Å². The second kappa shape index (κ2) is 8.07. The van der Waals surface area contributed by atoms with Crippen LogP contribution in [-0.4, -0.2) is 24.4 Å². The molecule has 6 nitrogen and oxygen atoms in total. The van der Waals surface area contributed by atoms with Gasteiger partial charge in [0.05, 0.1) is 19.9 Å². The van der Waals surface area contributed by atoms with Crippen molar-refractivity contribution in [1.29, 1.82) is 0 Å². The minimum Gasteiger partial charge on any atom is -0.493 e. The van der Waals surface area contributed by atoms with Crippen molar-refractivity contribution in [2.75, 3.05) is 19.5 Å². The van der Waals surface area contributed by atoms with Crippen LogP contribution in [0.1, 0.15) is 16.7 Å². The molecular weight excluding hydrogens is 390 g/mol. The molecule has 0 spiro atoms. The molecule has 0 saturated carbocycles. The minimum atomic E-state index is 0.530. The molecule has 4 aromatic rings. The highest BCUT2D eigenvalue weighted by molar-refractivity contribution is 5.81. The van der Waals surface area contributed by atoms with Crippen molar-refractivity contribution in [1.82, 2.24) is 10.2 Å². The number of methoxy groups -OCH3 is 2. The SMILES string of the molecule is COc1cc2c(cc1OC)-c1n[nH]c(Nc3cccc(OCc4ccccc4)c3)c1C2. The van der Waals surface area contributed by atoms with E-state index < -0.39 is 0 Å². The van der Waals surface area contributed by atoms with Gasteiger partial charge in [0.15, 0.2) is 11.5 Å². The third kappa shape index (κ3) is 3.68. The second-order valence-corrected chi connectivity index (χ2v) is 7.39. The number of fused-ring (bicyclic) bond motifs is 3. The van der Waals surface area contributed by atoms with Crippen LogP contribution in [-0.2, 0) is 13.0 Å². The zero-order valence-corrected chi connectivity index (χ0v) is 17.4. The molecule has 6 heteroatoms. The van der Waals surface area contributed by atoms with Gasteiger partial charge in [0, 0.05) is 29.3 Å². The summed E-state index contributed by atoms with van der Waals surface area (Å²) in [7, 11) is 3.29. The second-order valence-electron chi connectivity index (χ2n) is 7.39. The smallest absolute Gasteiger partial charge is 0.161 e. The first kappa shape index (κ1) is 19.1. The van der Waals surface area contributed by atoms with E-state index in [1.165, 1.54) is 5.56 Å². The van der Waals surface area contributed by atoms with Crippen LogP contribution in [0, 0.1) is 0 Å². The molecule has 1 aliphatic rings. The highest BCUT2D eigenvalue weighted by Crippen LogP contribution is 2.44. The van der Waals surface area contributed by atoms with Crippen LogP contribution in [0.25, 0.3) is 11.3 Å². The molecule has 5 rings (SSSR count). The Kier molecular flexibility index (Phi) is 4.96. The molecule has 156 valence electrons. The largest absolute Gasteiger partial charge is 0.493 e. The summed E-state index contributed by atoms with van der Waals surface area (Å²) < 4.78 is 16.9. The number of aromatic amines is 1. The number of anilines is 2. The maximum Gasteiger partial charge on any atom is 0.161 e. The van der Waals surface area contributed by atoms with Gasteiger partial charge in [-0.3, -0.25) is 5.10 Å². The zero-order valence-electron chi connectivity index (χ0n) is 17.4. The van der Waals surface area contributed by atoms with E-state index in [1.54, 1.807) is 14.2 Å². The van der Waals surface area contributed by atoms with Crippen molar-refractivity contribution >= 4 is 11.5 Å². The zero-order chi connectivity index (χ0) is 21.2. The van der Waals surface area contributed by atoms with Crippen LogP contribution in [0.3, 0.4) is 0 Å². The fraction of sp³-hybridized carbons (Fsp3) is 0.160. The van der Waals surface area contributed by atoms with E-state index in [0.29, 0.717) is 12.4 Å². The summed E-state index contributed by atoms with van der Waals surface area (Å²) in [6.45, 7) is 0.530. The van der Waals surface area contributed by atoms with Gasteiger partial charge in [0.1, 0.15) is 18.2 Å². The molecule has 0 saturated heterocycles. The maximum atomic E-state index is 5.95. The van der Waals surface area contributed by atoms with E-state index in [1.807, 2.05) is 54.6 Å². The summed E-state index contributed by atoms with van der Waals surface area (Å²) in [6.07, 6.45) is 0.772. The van der Waals surface area contributed by atoms with E-state index in [9.17, 15) is 0 Å². The van der Waals surface area contributed by atoms with Gasteiger partial charge in [-0.25, -0.2) is 0 Å². The van der Waals surface area contributed by atoms with Gasteiger partial charge in [-0.05, 0) is 35.4 Å². The monoisotopic (exact) mass is 413 g/mol. The van der Waals surface area contributed by atoms with Gasteiger partial charge in [0.2, 0.25) is 0 Å². The quantitative estimate of drug-likeness (QED) is 0.378. The number of rotatable bonds is 7. The predicted molar refractivity (Wildman–Crippen MR) is 120 cm³/mol. The molecule has 31 heavy (non-hydrogen) atoms. The number of ether oxygens (including phenoxy) is 3. The van der Waals surface area contributed by atoms with Gasteiger partial charge in [-0.2, -0.15) is 5.10 Å². The molecule has 0 bridgehead atoms. The maximum absolute atomic E-state index is 5.95. The fourth-order valence-electron chi connectivity index (χ4n) is 3.89. The van der Waals surface area contributed by atoms with Crippen LogP contribution in [0.15, 0.2) is 66.7 Å². The van der Waals surface area contributed by atoms with Crippen molar-refractivity contribution in [2.24, 2.45) is 0 Å². The first-order valence-corrected chi connectivity index (χ1v) is 10.1. The van der Waals surface area contributed by atoms with Gasteiger partial charge in [-0.1, -0.05) is 36.4 Å². The molecule has 0 amide bonds. The van der Waals surface area contributed by atoms with Crippen molar-refractivity contribution < 1.29 is 14.2 Å². The van der Waals surface area contributed by atoms with Crippen LogP contribution in [0.4, 0.5) is 11.5 Å². The summed E-state index contributed by atoms with van der Waals surface area (Å²) in [5, 5.41) is 11.1. The van der Waals surface area contributed by atoms with Crippen molar-refractivity contribution in [3.8, 4) is 28.5 Å². The highest BCUT2D eigenvalue weighted by Gasteiger charge is 2.27. The Hall–Kier alpha value is -3.93. The van der Waals surface area contributed by atoms with E-state index in [2.05, 4.69) is 27.6 Å². The molecule has 3 aromatic carbocycles. The normalized spacial score (nSPS) is 11.5. The van der Waals surface area contributed by atoms with Gasteiger partial charge in [0.25, 0.3) is 0 Å². The summed E-state index contributed by atoms with van der Waals surface area (Å²) in [5.74, 6) is 3.12. The predicted octanol–water partition coefficient (Wildman–Crippen LogP) is 5.32. The molecule has 2 N–H and O–H groups in total. The lowest BCUT2D eigenvalue weighted by molar-refractivity contribution is 0.306. The van der Waals surface area contributed by atoms with Crippen LogP contribution in [0.5, 0.6) is 17.2 Å². The Morgan fingerprint density at radius 2 is 1.74 bits per heavy atom. The van der Waals surface area contributed by atoms with Gasteiger partial charge in [-0.15, -0.1) is 0 Å². The van der Waals surface area contributed by atoms with Crippen LogP contribution < -0.4 is 19.5 Å². The molecule has 1 aliphatic carbocycles. The van der Waals surface area contributed by atoms with Crippen LogP contribution in [0.2, 0.25) is 0 Å². The summed E-state index contributed by atoms with van der Waals surface area (Å²) >= 11 is 0. The lowest BCUT2D eigenvalue weighted by Gasteiger charge is -2.10. The van der Waals surface area contributed by atoms with Crippen molar-refractivity contribution in [3.05, 3.63) is 83.4 Å². The van der Waals surface area contributed by atoms with Crippen molar-refractivity contribution in [3.63, 3.8) is 0 Å². The molecule has 0 radical (unpaired) electrons. The summed E-state index contributed by atoms with van der Waals surface area (Å²) in [4.78, 5) is 0. The highest BCUT2D eigenvalue weighted by atomic mass is 16.5. The molecule has 0 atom stereocenters. The van der Waals surface area contributed by atoms with Gasteiger partial charge < -0.3 is 19.5 Å². The Labute approximate surface area is 180 Å². The van der Waals surface area contributed by atoms with E-state index in [4.69, 9.17) is 14.2 Å². The Balaban J connectivity index is 1.35. The first-order valence-electron chi connectivity index (χ1n) is 10.1. The summed E-state index contributed by atoms with van der Waals surface area (Å²) in [5.41, 5.74) is 6.37. The fourth-order valence-corrected chi connectivity index (χ4v) is 3.89. The standard InChI is InChI=1S/C25H23N3O3/c1-29-22-12-17-11-21-24(20(17)14-23(22)30-2)27-28-25(21)26-18-9-6-10-19(13-18)31-15-16-7-4-3-5-8-16/h3-10,12-14H,11,15H2,1-2H3,(H2,26,27,28). The molecule has 1 aromatic heterocycles. The van der Waals surface area contributed by atoms with E-state index in [-0.39, 0.29) is 0 Å². The van der Waals surface area contributed by atoms with Crippen molar-refractivity contribution in [2.45, 2.75) is 13.0 Å². The Morgan fingerprint density at radius 1 is 0.935 bits per heavy atom. The Bertz CT molecular complexity index is 1220.